The van der Waals surface area contributed by atoms with Crippen molar-refractivity contribution in [2.45, 2.75) is 19.4 Å². The van der Waals surface area contributed by atoms with Crippen molar-refractivity contribution in [3.8, 4) is 0 Å². The van der Waals surface area contributed by atoms with Crippen LogP contribution < -0.4 is 5.32 Å². The van der Waals surface area contributed by atoms with Crippen LogP contribution in [0.4, 0.5) is 0 Å². The molecule has 1 fully saturated rings. The lowest BCUT2D eigenvalue weighted by molar-refractivity contribution is 0.0934. The third-order valence-corrected chi connectivity index (χ3v) is 3.92. The van der Waals surface area contributed by atoms with Gasteiger partial charge in [-0.05, 0) is 37.4 Å². The lowest BCUT2D eigenvalue weighted by Crippen LogP contribution is -2.21. The molecule has 2 rings (SSSR count). The van der Waals surface area contributed by atoms with Gasteiger partial charge in [-0.3, -0.25) is 0 Å². The molecule has 0 spiro atoms. The number of nitrogens with one attached hydrogen (secondary N) is 1. The van der Waals surface area contributed by atoms with E-state index in [-0.39, 0.29) is 0 Å². The highest BCUT2D eigenvalue weighted by Crippen LogP contribution is 2.38. The van der Waals surface area contributed by atoms with Crippen molar-refractivity contribution >= 4 is 11.3 Å². The zero-order valence-electron chi connectivity index (χ0n) is 8.75. The quantitative estimate of drug-likeness (QED) is 0.828. The SMILES string of the molecule is CNCC1CCOC1c1sccc1C. The largest absolute Gasteiger partial charge is 0.372 e. The molecule has 2 heterocycles. The molecule has 1 aliphatic rings. The smallest absolute Gasteiger partial charge is 0.0960 e. The van der Waals surface area contributed by atoms with Crippen LogP contribution in [0.3, 0.4) is 0 Å². The fourth-order valence-electron chi connectivity index (χ4n) is 2.07. The Morgan fingerprint density at radius 3 is 3.14 bits per heavy atom. The first kappa shape index (κ1) is 10.1. The maximum absolute atomic E-state index is 5.81. The number of hydrogen-bond donors (Lipinski definition) is 1. The van der Waals surface area contributed by atoms with E-state index in [0.29, 0.717) is 12.0 Å². The summed E-state index contributed by atoms with van der Waals surface area (Å²) in [6, 6.07) is 2.18. The molecule has 1 aromatic heterocycles. The second-order valence-corrected chi connectivity index (χ2v) is 4.81. The van der Waals surface area contributed by atoms with Gasteiger partial charge in [-0.1, -0.05) is 0 Å². The summed E-state index contributed by atoms with van der Waals surface area (Å²) >= 11 is 1.82. The molecule has 0 aliphatic carbocycles. The zero-order chi connectivity index (χ0) is 9.97. The Morgan fingerprint density at radius 2 is 2.50 bits per heavy atom. The summed E-state index contributed by atoms with van der Waals surface area (Å²) in [4.78, 5) is 1.42. The average Bonchev–Trinajstić information content (AvgIpc) is 2.74. The molecule has 0 amide bonds. The van der Waals surface area contributed by atoms with E-state index >= 15 is 0 Å². The standard InChI is InChI=1S/C11H17NOS/c1-8-4-6-14-11(8)10-9(7-12-2)3-5-13-10/h4,6,9-10,12H,3,5,7H2,1-2H3. The predicted molar refractivity (Wildman–Crippen MR) is 59.8 cm³/mol. The molecule has 0 radical (unpaired) electrons. The second kappa shape index (κ2) is 4.43. The first-order valence-electron chi connectivity index (χ1n) is 5.13. The van der Waals surface area contributed by atoms with Crippen molar-refractivity contribution in [3.05, 3.63) is 21.9 Å². The molecular formula is C11H17NOS. The summed E-state index contributed by atoms with van der Waals surface area (Å²) < 4.78 is 5.81. The van der Waals surface area contributed by atoms with E-state index in [1.807, 2.05) is 18.4 Å². The maximum Gasteiger partial charge on any atom is 0.0960 e. The Bertz CT molecular complexity index is 297. The summed E-state index contributed by atoms with van der Waals surface area (Å²) in [5, 5.41) is 5.40. The van der Waals surface area contributed by atoms with Gasteiger partial charge in [0.05, 0.1) is 6.10 Å². The summed E-state index contributed by atoms with van der Waals surface area (Å²) in [6.45, 7) is 4.14. The van der Waals surface area contributed by atoms with Crippen LogP contribution in [0, 0.1) is 12.8 Å². The molecule has 1 aliphatic heterocycles. The molecule has 78 valence electrons. The van der Waals surface area contributed by atoms with Crippen molar-refractivity contribution in [3.63, 3.8) is 0 Å². The lowest BCUT2D eigenvalue weighted by atomic mass is 9.99. The highest BCUT2D eigenvalue weighted by atomic mass is 32.1. The molecule has 0 aromatic carbocycles. The Morgan fingerprint density at radius 1 is 1.64 bits per heavy atom. The van der Waals surface area contributed by atoms with E-state index in [4.69, 9.17) is 4.74 Å². The van der Waals surface area contributed by atoms with Crippen LogP contribution in [-0.2, 0) is 4.74 Å². The monoisotopic (exact) mass is 211 g/mol. The molecule has 14 heavy (non-hydrogen) atoms. The van der Waals surface area contributed by atoms with Crippen LogP contribution in [0.25, 0.3) is 0 Å². The molecule has 3 heteroatoms. The normalized spacial score (nSPS) is 27.0. The maximum atomic E-state index is 5.81. The fraction of sp³-hybridized carbons (Fsp3) is 0.636. The molecule has 0 bridgehead atoms. The average molecular weight is 211 g/mol. The topological polar surface area (TPSA) is 21.3 Å². The second-order valence-electron chi connectivity index (χ2n) is 3.87. The van der Waals surface area contributed by atoms with Crippen molar-refractivity contribution in [1.29, 1.82) is 0 Å². The molecule has 2 unspecified atom stereocenters. The summed E-state index contributed by atoms with van der Waals surface area (Å²) in [5.74, 6) is 0.650. The highest BCUT2D eigenvalue weighted by Gasteiger charge is 2.30. The van der Waals surface area contributed by atoms with E-state index in [9.17, 15) is 0 Å². The molecule has 1 aromatic rings. The van der Waals surface area contributed by atoms with Gasteiger partial charge in [-0.2, -0.15) is 0 Å². The number of aryl methyl sites for hydroxylation is 1. The molecule has 0 saturated carbocycles. The van der Waals surface area contributed by atoms with Gasteiger partial charge in [0.25, 0.3) is 0 Å². The van der Waals surface area contributed by atoms with Crippen LogP contribution in [0.5, 0.6) is 0 Å². The van der Waals surface area contributed by atoms with Gasteiger partial charge in [0, 0.05) is 23.9 Å². The number of ether oxygens (including phenoxy) is 1. The molecule has 1 saturated heterocycles. The van der Waals surface area contributed by atoms with Gasteiger partial charge in [0.1, 0.15) is 0 Å². The van der Waals surface area contributed by atoms with Crippen LogP contribution in [-0.4, -0.2) is 20.2 Å². The van der Waals surface area contributed by atoms with Crippen LogP contribution in [0.2, 0.25) is 0 Å². The van der Waals surface area contributed by atoms with Gasteiger partial charge in [0.15, 0.2) is 0 Å². The minimum atomic E-state index is 0.336. The van der Waals surface area contributed by atoms with Gasteiger partial charge in [0.2, 0.25) is 0 Å². The van der Waals surface area contributed by atoms with E-state index < -0.39 is 0 Å². The van der Waals surface area contributed by atoms with Gasteiger partial charge < -0.3 is 10.1 Å². The first-order chi connectivity index (χ1) is 6.83. The Kier molecular flexibility index (Phi) is 3.21. The number of rotatable bonds is 3. The third-order valence-electron chi connectivity index (χ3n) is 2.84. The van der Waals surface area contributed by atoms with Crippen LogP contribution >= 0.6 is 11.3 Å². The predicted octanol–water partition coefficient (Wildman–Crippen LogP) is 2.35. The Hall–Kier alpha value is -0.380. The van der Waals surface area contributed by atoms with Gasteiger partial charge in [-0.25, -0.2) is 0 Å². The first-order valence-corrected chi connectivity index (χ1v) is 6.01. The summed E-state index contributed by atoms with van der Waals surface area (Å²) in [6.07, 6.45) is 1.52. The van der Waals surface area contributed by atoms with E-state index in [1.54, 1.807) is 0 Å². The third kappa shape index (κ3) is 1.85. The van der Waals surface area contributed by atoms with Gasteiger partial charge in [-0.15, -0.1) is 11.3 Å². The Labute approximate surface area is 89.3 Å². The summed E-state index contributed by atoms with van der Waals surface area (Å²) in [7, 11) is 2.01. The van der Waals surface area contributed by atoms with Crippen molar-refractivity contribution in [1.82, 2.24) is 5.32 Å². The molecule has 1 N–H and O–H groups in total. The van der Waals surface area contributed by atoms with E-state index in [0.717, 1.165) is 13.2 Å². The summed E-state index contributed by atoms with van der Waals surface area (Å²) in [5.41, 5.74) is 1.38. The van der Waals surface area contributed by atoms with Crippen LogP contribution in [0.15, 0.2) is 11.4 Å². The Balaban J connectivity index is 2.13. The highest BCUT2D eigenvalue weighted by molar-refractivity contribution is 7.10. The van der Waals surface area contributed by atoms with Crippen LogP contribution in [0.1, 0.15) is 23.0 Å². The lowest BCUT2D eigenvalue weighted by Gasteiger charge is -2.17. The van der Waals surface area contributed by atoms with E-state index in [2.05, 4.69) is 23.7 Å². The van der Waals surface area contributed by atoms with Crippen molar-refractivity contribution in [2.75, 3.05) is 20.2 Å². The van der Waals surface area contributed by atoms with Crippen molar-refractivity contribution < 1.29 is 4.74 Å². The van der Waals surface area contributed by atoms with E-state index in [1.165, 1.54) is 16.9 Å². The minimum absolute atomic E-state index is 0.336. The number of thiophene rings is 1. The van der Waals surface area contributed by atoms with Crippen molar-refractivity contribution in [2.24, 2.45) is 5.92 Å². The minimum Gasteiger partial charge on any atom is -0.372 e. The molecule has 2 atom stereocenters. The number of hydrogen-bond acceptors (Lipinski definition) is 3. The zero-order valence-corrected chi connectivity index (χ0v) is 9.56. The molecule has 2 nitrogen and oxygen atoms in total. The fourth-order valence-corrected chi connectivity index (χ4v) is 3.14. The van der Waals surface area contributed by atoms with Gasteiger partial charge >= 0.3 is 0 Å². The molecular weight excluding hydrogens is 194 g/mol.